The molecule has 74 valence electrons. The van der Waals surface area contributed by atoms with E-state index < -0.39 is 6.04 Å². The monoisotopic (exact) mass is 185 g/mol. The highest BCUT2D eigenvalue weighted by atomic mass is 16.6. The number of carbonyl (C=O) groups is 1. The first kappa shape index (κ1) is 8.93. The second-order valence-corrected chi connectivity index (χ2v) is 3.85. The molecule has 1 saturated carbocycles. The standard InChI is InChI=1S/C8H15N3O2/c12-8-7(11(13)10-9-8)6-4-2-1-3-5-6/h6-7,10-11H,1-5H2,(H,9,12). The van der Waals surface area contributed by atoms with Gasteiger partial charge in [0.15, 0.2) is 6.04 Å². The number of hydrogen-bond donors (Lipinski definition) is 3. The second-order valence-electron chi connectivity index (χ2n) is 3.85. The van der Waals surface area contributed by atoms with Crippen LogP contribution >= 0.6 is 0 Å². The molecule has 1 amide bonds. The van der Waals surface area contributed by atoms with Crippen molar-refractivity contribution >= 4 is 5.91 Å². The molecule has 13 heavy (non-hydrogen) atoms. The molecule has 0 spiro atoms. The van der Waals surface area contributed by atoms with Gasteiger partial charge >= 0.3 is 0 Å². The fourth-order valence-corrected chi connectivity index (χ4v) is 2.29. The zero-order valence-corrected chi connectivity index (χ0v) is 7.51. The summed E-state index contributed by atoms with van der Waals surface area (Å²) in [4.78, 5) is 11.3. The van der Waals surface area contributed by atoms with Crippen molar-refractivity contribution in [3.8, 4) is 0 Å². The number of hydrogen-bond acceptors (Lipinski definition) is 3. The number of hydrazine groups is 1. The normalized spacial score (nSPS) is 36.2. The Kier molecular flexibility index (Phi) is 2.48. The van der Waals surface area contributed by atoms with Crippen LogP contribution in [0, 0.1) is 11.1 Å². The van der Waals surface area contributed by atoms with Crippen molar-refractivity contribution < 1.29 is 9.97 Å². The summed E-state index contributed by atoms with van der Waals surface area (Å²) in [6, 6.07) is -0.416. The molecule has 1 saturated heterocycles. The van der Waals surface area contributed by atoms with Crippen molar-refractivity contribution in [1.29, 1.82) is 0 Å². The van der Waals surface area contributed by atoms with Crippen LogP contribution in [-0.4, -0.2) is 11.9 Å². The van der Waals surface area contributed by atoms with Gasteiger partial charge in [-0.3, -0.25) is 9.97 Å². The Bertz CT molecular complexity index is 204. The summed E-state index contributed by atoms with van der Waals surface area (Å²) in [6.45, 7) is 0. The number of rotatable bonds is 1. The molecule has 0 aromatic heterocycles. The van der Waals surface area contributed by atoms with E-state index in [4.69, 9.17) is 0 Å². The SMILES string of the molecule is O=C1NN[NH+]([O-])C1C1CCCCC1. The predicted octanol–water partition coefficient (Wildman–Crippen LogP) is -1.13. The fraction of sp³-hybridized carbons (Fsp3) is 0.875. The predicted molar refractivity (Wildman–Crippen MR) is 46.0 cm³/mol. The Hall–Kier alpha value is -0.650. The maximum absolute atomic E-state index is 11.3. The van der Waals surface area contributed by atoms with Crippen LogP contribution in [0.25, 0.3) is 0 Å². The molecule has 2 unspecified atom stereocenters. The average Bonchev–Trinajstić information content (AvgIpc) is 2.48. The molecular weight excluding hydrogens is 170 g/mol. The molecule has 0 bridgehead atoms. The summed E-state index contributed by atoms with van der Waals surface area (Å²) in [7, 11) is 0. The van der Waals surface area contributed by atoms with E-state index in [2.05, 4.69) is 11.0 Å². The summed E-state index contributed by atoms with van der Waals surface area (Å²) in [5.41, 5.74) is 4.76. The lowest BCUT2D eigenvalue weighted by molar-refractivity contribution is -0.909. The molecule has 1 aliphatic carbocycles. The van der Waals surface area contributed by atoms with Gasteiger partial charge in [0, 0.05) is 5.92 Å². The van der Waals surface area contributed by atoms with E-state index in [9.17, 15) is 10.0 Å². The summed E-state index contributed by atoms with van der Waals surface area (Å²) in [5.74, 6) is 0.133. The third-order valence-electron chi connectivity index (χ3n) is 3.00. The summed E-state index contributed by atoms with van der Waals surface area (Å²) in [5, 5.41) is 11.1. The van der Waals surface area contributed by atoms with Crippen molar-refractivity contribution in [3.05, 3.63) is 5.21 Å². The highest BCUT2D eigenvalue weighted by Crippen LogP contribution is 2.25. The van der Waals surface area contributed by atoms with Gasteiger partial charge in [0.25, 0.3) is 5.91 Å². The average molecular weight is 185 g/mol. The third kappa shape index (κ3) is 1.67. The number of nitrogens with one attached hydrogen (secondary N) is 3. The first-order chi connectivity index (χ1) is 6.29. The quantitative estimate of drug-likeness (QED) is 0.453. The van der Waals surface area contributed by atoms with E-state index in [0.717, 1.165) is 25.7 Å². The van der Waals surface area contributed by atoms with Gasteiger partial charge in [0.05, 0.1) is 0 Å². The topological polar surface area (TPSA) is 68.6 Å². The third-order valence-corrected chi connectivity index (χ3v) is 3.00. The van der Waals surface area contributed by atoms with E-state index in [1.165, 1.54) is 6.42 Å². The molecule has 2 aliphatic rings. The zero-order valence-electron chi connectivity index (χ0n) is 7.51. The summed E-state index contributed by atoms with van der Waals surface area (Å²) < 4.78 is 0. The molecule has 0 aromatic carbocycles. The molecule has 0 aromatic rings. The summed E-state index contributed by atoms with van der Waals surface area (Å²) in [6.07, 6.45) is 5.59. The van der Waals surface area contributed by atoms with Crippen LogP contribution in [0.5, 0.6) is 0 Å². The molecule has 2 fully saturated rings. The lowest BCUT2D eigenvalue weighted by Crippen LogP contribution is -3.16. The van der Waals surface area contributed by atoms with Crippen molar-refractivity contribution in [3.63, 3.8) is 0 Å². The van der Waals surface area contributed by atoms with Crippen LogP contribution in [-0.2, 0) is 4.79 Å². The Morgan fingerprint density at radius 3 is 2.54 bits per heavy atom. The van der Waals surface area contributed by atoms with E-state index in [-0.39, 0.29) is 17.0 Å². The smallest absolute Gasteiger partial charge is 0.298 e. The minimum atomic E-state index is -0.416. The second kappa shape index (κ2) is 3.61. The lowest BCUT2D eigenvalue weighted by atomic mass is 9.84. The first-order valence-corrected chi connectivity index (χ1v) is 4.89. The Labute approximate surface area is 77.0 Å². The van der Waals surface area contributed by atoms with Crippen molar-refractivity contribution in [2.45, 2.75) is 38.1 Å². The highest BCUT2D eigenvalue weighted by Gasteiger charge is 2.39. The number of carbonyl (C=O) groups excluding carboxylic acids is 1. The molecule has 2 atom stereocenters. The largest absolute Gasteiger partial charge is 0.611 e. The molecule has 5 nitrogen and oxygen atoms in total. The van der Waals surface area contributed by atoms with Gasteiger partial charge in [0.1, 0.15) is 0 Å². The van der Waals surface area contributed by atoms with Crippen LogP contribution in [0.2, 0.25) is 0 Å². The Balaban J connectivity index is 2.00. The van der Waals surface area contributed by atoms with Crippen LogP contribution < -0.4 is 16.1 Å². The zero-order chi connectivity index (χ0) is 9.26. The minimum absolute atomic E-state index is 0.142. The summed E-state index contributed by atoms with van der Waals surface area (Å²) >= 11 is 0. The van der Waals surface area contributed by atoms with E-state index in [0.29, 0.717) is 0 Å². The van der Waals surface area contributed by atoms with Gasteiger partial charge < -0.3 is 5.21 Å². The molecule has 2 rings (SSSR count). The molecule has 3 N–H and O–H groups in total. The van der Waals surface area contributed by atoms with Gasteiger partial charge in [-0.1, -0.05) is 24.8 Å². The van der Waals surface area contributed by atoms with Crippen molar-refractivity contribution in [1.82, 2.24) is 11.0 Å². The molecule has 1 aliphatic heterocycles. The van der Waals surface area contributed by atoms with Gasteiger partial charge in [-0.05, 0) is 12.8 Å². The maximum Gasteiger partial charge on any atom is 0.298 e. The molecule has 1 heterocycles. The van der Waals surface area contributed by atoms with Gasteiger partial charge in [-0.15, -0.1) is 0 Å². The fourth-order valence-electron chi connectivity index (χ4n) is 2.29. The Morgan fingerprint density at radius 1 is 1.31 bits per heavy atom. The lowest BCUT2D eigenvalue weighted by Gasteiger charge is -2.29. The number of hydroxylamine groups is 1. The van der Waals surface area contributed by atoms with Crippen LogP contribution in [0.15, 0.2) is 0 Å². The van der Waals surface area contributed by atoms with Crippen molar-refractivity contribution in [2.24, 2.45) is 5.92 Å². The van der Waals surface area contributed by atoms with E-state index in [1.807, 2.05) is 0 Å². The maximum atomic E-state index is 11.3. The molecular formula is C8H15N3O2. The molecule has 5 heteroatoms. The van der Waals surface area contributed by atoms with Gasteiger partial charge in [0.2, 0.25) is 0 Å². The van der Waals surface area contributed by atoms with Gasteiger partial charge in [-0.2, -0.15) is 0 Å². The van der Waals surface area contributed by atoms with Crippen LogP contribution in [0.4, 0.5) is 0 Å². The minimum Gasteiger partial charge on any atom is -0.611 e. The van der Waals surface area contributed by atoms with E-state index >= 15 is 0 Å². The number of amides is 1. The Morgan fingerprint density at radius 2 is 2.00 bits per heavy atom. The molecule has 0 radical (unpaired) electrons. The van der Waals surface area contributed by atoms with E-state index in [1.54, 1.807) is 0 Å². The van der Waals surface area contributed by atoms with Crippen LogP contribution in [0.1, 0.15) is 32.1 Å². The van der Waals surface area contributed by atoms with Crippen molar-refractivity contribution in [2.75, 3.05) is 0 Å². The van der Waals surface area contributed by atoms with Gasteiger partial charge in [-0.25, -0.2) is 5.43 Å². The van der Waals surface area contributed by atoms with Crippen LogP contribution in [0.3, 0.4) is 0 Å². The highest BCUT2D eigenvalue weighted by molar-refractivity contribution is 5.81. The first-order valence-electron chi connectivity index (χ1n) is 4.89. The number of quaternary nitrogens is 1.